The predicted molar refractivity (Wildman–Crippen MR) is 186 cm³/mol. The molecule has 0 heterocycles. The molecule has 0 aromatic rings. The normalized spacial score (nSPS) is 11.7. The Labute approximate surface area is 256 Å². The van der Waals surface area contributed by atoms with E-state index in [1.165, 1.54) is 231 Å². The minimum absolute atomic E-state index is 0.465. The van der Waals surface area contributed by atoms with Crippen LogP contribution in [0.3, 0.4) is 0 Å². The van der Waals surface area contributed by atoms with Gasteiger partial charge in [0.2, 0.25) is 0 Å². The van der Waals surface area contributed by atoms with Crippen LogP contribution in [0, 0.1) is 0 Å². The van der Waals surface area contributed by atoms with Gasteiger partial charge in [-0.2, -0.15) is 0 Å². The SMILES string of the molecule is CCCCCCCCCCCCCCCCCCCC(N)CCCCCCCCCCCCCCCCCCC. The first-order chi connectivity index (χ1) is 19.8. The van der Waals surface area contributed by atoms with Gasteiger partial charge in [-0.25, -0.2) is 0 Å². The topological polar surface area (TPSA) is 26.0 Å². The van der Waals surface area contributed by atoms with E-state index in [-0.39, 0.29) is 0 Å². The molecular weight excluding hydrogens is 482 g/mol. The summed E-state index contributed by atoms with van der Waals surface area (Å²) in [5.41, 5.74) is 6.41. The Morgan fingerprint density at radius 2 is 0.400 bits per heavy atom. The molecule has 0 aromatic carbocycles. The molecule has 0 rings (SSSR count). The molecule has 0 saturated carbocycles. The van der Waals surface area contributed by atoms with Gasteiger partial charge in [0.15, 0.2) is 0 Å². The Morgan fingerprint density at radius 3 is 0.575 bits per heavy atom. The van der Waals surface area contributed by atoms with Gasteiger partial charge < -0.3 is 5.73 Å². The van der Waals surface area contributed by atoms with Gasteiger partial charge in [0.1, 0.15) is 0 Å². The molecule has 242 valence electrons. The van der Waals surface area contributed by atoms with Gasteiger partial charge in [-0.15, -0.1) is 0 Å². The average molecular weight is 564 g/mol. The Kier molecular flexibility index (Phi) is 36.9. The zero-order valence-corrected chi connectivity index (χ0v) is 28.6. The molecule has 0 bridgehead atoms. The molecular formula is C39H81N. The highest BCUT2D eigenvalue weighted by Gasteiger charge is 2.03. The van der Waals surface area contributed by atoms with E-state index in [0.29, 0.717) is 6.04 Å². The summed E-state index contributed by atoms with van der Waals surface area (Å²) in [6.07, 6.45) is 51.9. The Morgan fingerprint density at radius 1 is 0.250 bits per heavy atom. The lowest BCUT2D eigenvalue weighted by atomic mass is 10.00. The fourth-order valence-corrected chi connectivity index (χ4v) is 6.41. The van der Waals surface area contributed by atoms with E-state index in [2.05, 4.69) is 13.8 Å². The van der Waals surface area contributed by atoms with E-state index in [4.69, 9.17) is 5.73 Å². The van der Waals surface area contributed by atoms with Gasteiger partial charge in [0.05, 0.1) is 0 Å². The van der Waals surface area contributed by atoms with Gasteiger partial charge in [0.25, 0.3) is 0 Å². The summed E-state index contributed by atoms with van der Waals surface area (Å²) in [7, 11) is 0. The molecule has 0 aromatic heterocycles. The molecule has 0 saturated heterocycles. The third kappa shape index (κ3) is 36.0. The third-order valence-electron chi connectivity index (χ3n) is 9.36. The van der Waals surface area contributed by atoms with Crippen LogP contribution in [0.2, 0.25) is 0 Å². The van der Waals surface area contributed by atoms with E-state index in [0.717, 1.165) is 0 Å². The maximum atomic E-state index is 6.41. The van der Waals surface area contributed by atoms with Crippen molar-refractivity contribution in [1.29, 1.82) is 0 Å². The predicted octanol–water partition coefficient (Wildman–Crippen LogP) is 14.4. The second-order valence-corrected chi connectivity index (χ2v) is 13.7. The smallest absolute Gasteiger partial charge is 0.00388 e. The molecule has 0 radical (unpaired) electrons. The molecule has 0 aliphatic heterocycles. The van der Waals surface area contributed by atoms with Crippen molar-refractivity contribution in [3.05, 3.63) is 0 Å². The Balaban J connectivity index is 3.13. The van der Waals surface area contributed by atoms with E-state index < -0.39 is 0 Å². The quantitative estimate of drug-likeness (QED) is 0.0753. The van der Waals surface area contributed by atoms with Crippen LogP contribution in [0.1, 0.15) is 245 Å². The zero-order chi connectivity index (χ0) is 29.0. The highest BCUT2D eigenvalue weighted by Crippen LogP contribution is 2.17. The van der Waals surface area contributed by atoms with Crippen LogP contribution < -0.4 is 5.73 Å². The maximum absolute atomic E-state index is 6.41. The minimum Gasteiger partial charge on any atom is -0.328 e. The second kappa shape index (κ2) is 37.0. The lowest BCUT2D eigenvalue weighted by Crippen LogP contribution is -2.19. The van der Waals surface area contributed by atoms with Gasteiger partial charge in [-0.1, -0.05) is 232 Å². The Bertz CT molecular complexity index is 381. The standard InChI is InChI=1S/C39H81N/c1-3-5-7-9-11-13-15-17-19-21-23-25-27-29-31-33-35-37-39(40)38-36-34-32-30-28-26-24-22-20-18-16-14-12-10-8-6-4-2/h39H,3-38,40H2,1-2H3. The van der Waals surface area contributed by atoms with Crippen LogP contribution in [0.4, 0.5) is 0 Å². The first kappa shape index (κ1) is 40.0. The van der Waals surface area contributed by atoms with Gasteiger partial charge in [0, 0.05) is 6.04 Å². The molecule has 2 N–H and O–H groups in total. The van der Waals surface area contributed by atoms with Crippen LogP contribution in [-0.2, 0) is 0 Å². The molecule has 0 spiro atoms. The molecule has 1 heteroatoms. The van der Waals surface area contributed by atoms with E-state index in [9.17, 15) is 0 Å². The molecule has 0 aliphatic rings. The lowest BCUT2D eigenvalue weighted by Gasteiger charge is -2.11. The van der Waals surface area contributed by atoms with Crippen LogP contribution in [0.5, 0.6) is 0 Å². The number of hydrogen-bond acceptors (Lipinski definition) is 1. The van der Waals surface area contributed by atoms with Gasteiger partial charge in [-0.3, -0.25) is 0 Å². The molecule has 0 aliphatic carbocycles. The highest BCUT2D eigenvalue weighted by molar-refractivity contribution is 4.62. The first-order valence-corrected chi connectivity index (χ1v) is 19.6. The highest BCUT2D eigenvalue weighted by atomic mass is 14.6. The largest absolute Gasteiger partial charge is 0.328 e. The van der Waals surface area contributed by atoms with Crippen molar-refractivity contribution in [3.8, 4) is 0 Å². The van der Waals surface area contributed by atoms with Crippen LogP contribution >= 0.6 is 0 Å². The average Bonchev–Trinajstić information content (AvgIpc) is 2.96. The van der Waals surface area contributed by atoms with Crippen molar-refractivity contribution in [2.75, 3.05) is 0 Å². The molecule has 1 nitrogen and oxygen atoms in total. The summed E-state index contributed by atoms with van der Waals surface area (Å²) in [5.74, 6) is 0. The fourth-order valence-electron chi connectivity index (χ4n) is 6.41. The van der Waals surface area contributed by atoms with Gasteiger partial charge >= 0.3 is 0 Å². The number of rotatable bonds is 36. The summed E-state index contributed by atoms with van der Waals surface area (Å²) in [6, 6.07) is 0.465. The molecule has 0 fully saturated rings. The van der Waals surface area contributed by atoms with Gasteiger partial charge in [-0.05, 0) is 12.8 Å². The van der Waals surface area contributed by atoms with Crippen molar-refractivity contribution in [3.63, 3.8) is 0 Å². The van der Waals surface area contributed by atoms with Crippen molar-refractivity contribution >= 4 is 0 Å². The van der Waals surface area contributed by atoms with E-state index in [1.54, 1.807) is 0 Å². The first-order valence-electron chi connectivity index (χ1n) is 19.6. The van der Waals surface area contributed by atoms with Crippen molar-refractivity contribution in [1.82, 2.24) is 0 Å². The Hall–Kier alpha value is -0.0400. The van der Waals surface area contributed by atoms with Crippen molar-refractivity contribution < 1.29 is 0 Å². The number of nitrogens with two attached hydrogens (primary N) is 1. The second-order valence-electron chi connectivity index (χ2n) is 13.7. The molecule has 0 unspecified atom stereocenters. The summed E-state index contributed by atoms with van der Waals surface area (Å²) >= 11 is 0. The lowest BCUT2D eigenvalue weighted by molar-refractivity contribution is 0.477. The van der Waals surface area contributed by atoms with E-state index >= 15 is 0 Å². The monoisotopic (exact) mass is 564 g/mol. The summed E-state index contributed by atoms with van der Waals surface area (Å²) in [5, 5.41) is 0. The number of hydrogen-bond donors (Lipinski definition) is 1. The molecule has 40 heavy (non-hydrogen) atoms. The van der Waals surface area contributed by atoms with E-state index in [1.807, 2.05) is 0 Å². The van der Waals surface area contributed by atoms with Crippen LogP contribution in [-0.4, -0.2) is 6.04 Å². The number of unbranched alkanes of at least 4 members (excludes halogenated alkanes) is 32. The van der Waals surface area contributed by atoms with Crippen molar-refractivity contribution in [2.24, 2.45) is 5.73 Å². The summed E-state index contributed by atoms with van der Waals surface area (Å²) in [6.45, 7) is 4.61. The summed E-state index contributed by atoms with van der Waals surface area (Å²) in [4.78, 5) is 0. The zero-order valence-electron chi connectivity index (χ0n) is 28.6. The van der Waals surface area contributed by atoms with Crippen LogP contribution in [0.15, 0.2) is 0 Å². The third-order valence-corrected chi connectivity index (χ3v) is 9.36. The van der Waals surface area contributed by atoms with Crippen molar-refractivity contribution in [2.45, 2.75) is 251 Å². The molecule has 0 amide bonds. The minimum atomic E-state index is 0.465. The molecule has 0 atom stereocenters. The maximum Gasteiger partial charge on any atom is 0.00388 e. The summed E-state index contributed by atoms with van der Waals surface area (Å²) < 4.78 is 0. The van der Waals surface area contributed by atoms with Crippen LogP contribution in [0.25, 0.3) is 0 Å². The fraction of sp³-hybridized carbons (Fsp3) is 1.00.